The van der Waals surface area contributed by atoms with Gasteiger partial charge in [-0.05, 0) is 32.2 Å². The van der Waals surface area contributed by atoms with Crippen LogP contribution in [0.2, 0.25) is 0 Å². The molecule has 0 rings (SSSR count). The number of unbranched alkanes of at least 4 members (excludes halogenated alkanes) is 18. The monoisotopic (exact) mass is 450 g/mol. The molecule has 0 aromatic carbocycles. The van der Waals surface area contributed by atoms with E-state index in [0.29, 0.717) is 13.0 Å². The third-order valence-electron chi connectivity index (χ3n) is 5.96. The molecule has 182 valence electrons. The molecule has 0 spiro atoms. The molecule has 4 nitrogen and oxygen atoms in total. The Bertz CT molecular complexity index is 363. The second-order valence-electron chi connectivity index (χ2n) is 9.07. The molecule has 4 N–H and O–H groups in total. The van der Waals surface area contributed by atoms with Gasteiger partial charge in [-0.1, -0.05) is 116 Å². The topological polar surface area (TPSA) is 78.3 Å². The van der Waals surface area contributed by atoms with E-state index in [9.17, 15) is 4.79 Å². The zero-order chi connectivity index (χ0) is 22.1. The summed E-state index contributed by atoms with van der Waals surface area (Å²) in [4.78, 5) is 11.8. The number of ether oxygens (including phenoxy) is 1. The zero-order valence-corrected chi connectivity index (χ0v) is 23.3. The molecule has 31 heavy (non-hydrogen) atoms. The van der Waals surface area contributed by atoms with Crippen molar-refractivity contribution in [2.45, 2.75) is 154 Å². The van der Waals surface area contributed by atoms with Gasteiger partial charge in [-0.2, -0.15) is 0 Å². The first-order valence-electron chi connectivity index (χ1n) is 13.4. The fourth-order valence-corrected chi connectivity index (χ4v) is 3.95. The van der Waals surface area contributed by atoms with E-state index < -0.39 is 6.23 Å². The van der Waals surface area contributed by atoms with Crippen molar-refractivity contribution in [2.24, 2.45) is 11.5 Å². The third kappa shape index (κ3) is 28.4. The minimum atomic E-state index is -0.443. The predicted molar refractivity (Wildman–Crippen MR) is 131 cm³/mol. The van der Waals surface area contributed by atoms with E-state index in [1.54, 1.807) is 0 Å². The SMILES string of the molecule is CCCCCCCCCCCCCCCCCCCC(=O)OC(N)CCCCCN.[H-].[Na+]. The number of carbonyl (C=O) groups is 1. The first-order valence-corrected chi connectivity index (χ1v) is 13.4. The molecule has 0 aliphatic heterocycles. The molecule has 0 aromatic heterocycles. The van der Waals surface area contributed by atoms with Crippen molar-refractivity contribution < 1.29 is 40.5 Å². The predicted octanol–water partition coefficient (Wildman–Crippen LogP) is 4.49. The number of esters is 1. The van der Waals surface area contributed by atoms with Crippen molar-refractivity contribution >= 4 is 5.97 Å². The van der Waals surface area contributed by atoms with Crippen molar-refractivity contribution in [2.75, 3.05) is 6.54 Å². The summed E-state index contributed by atoms with van der Waals surface area (Å²) in [5.74, 6) is -0.137. The van der Waals surface area contributed by atoms with Crippen LogP contribution >= 0.6 is 0 Å². The van der Waals surface area contributed by atoms with Gasteiger partial charge in [0.2, 0.25) is 0 Å². The van der Waals surface area contributed by atoms with E-state index in [1.165, 1.54) is 96.3 Å². The molecule has 0 saturated heterocycles. The average molecular weight is 451 g/mol. The molecule has 0 amide bonds. The Kier molecular flexibility index (Phi) is 30.8. The first-order chi connectivity index (χ1) is 14.7. The van der Waals surface area contributed by atoms with Gasteiger partial charge < -0.3 is 11.9 Å². The fourth-order valence-electron chi connectivity index (χ4n) is 3.95. The molecule has 0 bridgehead atoms. The van der Waals surface area contributed by atoms with E-state index in [-0.39, 0.29) is 37.0 Å². The molecule has 5 heteroatoms. The Morgan fingerprint density at radius 3 is 1.48 bits per heavy atom. The van der Waals surface area contributed by atoms with E-state index in [0.717, 1.165) is 38.5 Å². The summed E-state index contributed by atoms with van der Waals surface area (Å²) in [6, 6.07) is 0. The summed E-state index contributed by atoms with van der Waals surface area (Å²) in [5.41, 5.74) is 11.3. The van der Waals surface area contributed by atoms with Crippen LogP contribution < -0.4 is 41.0 Å². The van der Waals surface area contributed by atoms with Gasteiger partial charge in [0.05, 0.1) is 0 Å². The summed E-state index contributed by atoms with van der Waals surface area (Å²) in [5, 5.41) is 0. The Morgan fingerprint density at radius 2 is 1.06 bits per heavy atom. The third-order valence-corrected chi connectivity index (χ3v) is 5.96. The van der Waals surface area contributed by atoms with Gasteiger partial charge in [-0.3, -0.25) is 10.5 Å². The summed E-state index contributed by atoms with van der Waals surface area (Å²) >= 11 is 0. The van der Waals surface area contributed by atoms with Crippen LogP contribution in [0.3, 0.4) is 0 Å². The molecule has 0 aliphatic rings. The minimum absolute atomic E-state index is 0. The molecule has 0 aliphatic carbocycles. The van der Waals surface area contributed by atoms with Crippen LogP contribution in [0.1, 0.15) is 150 Å². The molecular formula is C26H55N2NaO2. The maximum Gasteiger partial charge on any atom is 1.00 e. The standard InChI is InChI=1S/C26H54N2O2.Na.H/c1-2-3-4-5-6-7-8-9-10-11-12-13-14-15-16-17-20-23-26(29)30-25(28)22-19-18-21-24-27;;/h25H,2-24,27-28H2,1H3;;/q;+1;-1. The van der Waals surface area contributed by atoms with Crippen LogP contribution in [0, 0.1) is 0 Å². The zero-order valence-electron chi connectivity index (χ0n) is 22.3. The molecule has 0 heterocycles. The Balaban J connectivity index is -0.00000420. The van der Waals surface area contributed by atoms with E-state index in [1.807, 2.05) is 0 Å². The van der Waals surface area contributed by atoms with Gasteiger partial charge >= 0.3 is 35.5 Å². The second-order valence-corrected chi connectivity index (χ2v) is 9.07. The Morgan fingerprint density at radius 1 is 0.677 bits per heavy atom. The van der Waals surface area contributed by atoms with E-state index >= 15 is 0 Å². The van der Waals surface area contributed by atoms with E-state index in [2.05, 4.69) is 6.92 Å². The number of rotatable bonds is 24. The van der Waals surface area contributed by atoms with Crippen molar-refractivity contribution in [3.8, 4) is 0 Å². The fraction of sp³-hybridized carbons (Fsp3) is 0.962. The molecule has 0 aromatic rings. The maximum absolute atomic E-state index is 11.8. The molecule has 0 fully saturated rings. The van der Waals surface area contributed by atoms with Crippen LogP contribution in [0.5, 0.6) is 0 Å². The second kappa shape index (κ2) is 28.4. The summed E-state index contributed by atoms with van der Waals surface area (Å²) in [7, 11) is 0. The van der Waals surface area contributed by atoms with Gasteiger partial charge in [0.25, 0.3) is 0 Å². The van der Waals surface area contributed by atoms with Crippen LogP contribution in [-0.4, -0.2) is 18.7 Å². The smallest absolute Gasteiger partial charge is 1.00 e. The number of hydrogen-bond donors (Lipinski definition) is 2. The van der Waals surface area contributed by atoms with Crippen LogP contribution in [0.4, 0.5) is 0 Å². The van der Waals surface area contributed by atoms with Gasteiger partial charge in [-0.15, -0.1) is 0 Å². The van der Waals surface area contributed by atoms with Crippen molar-refractivity contribution in [1.29, 1.82) is 0 Å². The molecule has 0 saturated carbocycles. The Hall–Kier alpha value is 0.390. The number of carbonyl (C=O) groups excluding carboxylic acids is 1. The quantitative estimate of drug-likeness (QED) is 0.0983. The molecule has 1 unspecified atom stereocenters. The van der Waals surface area contributed by atoms with Gasteiger partial charge in [-0.25, -0.2) is 0 Å². The van der Waals surface area contributed by atoms with Crippen molar-refractivity contribution in [1.82, 2.24) is 0 Å². The first kappa shape index (κ1) is 33.6. The number of nitrogens with two attached hydrogens (primary N) is 2. The maximum atomic E-state index is 11.8. The van der Waals surface area contributed by atoms with Crippen LogP contribution in [0.15, 0.2) is 0 Å². The summed E-state index contributed by atoms with van der Waals surface area (Å²) in [6.07, 6.45) is 26.8. The van der Waals surface area contributed by atoms with Crippen LogP contribution in [-0.2, 0) is 9.53 Å². The summed E-state index contributed by atoms with van der Waals surface area (Å²) < 4.78 is 5.27. The minimum Gasteiger partial charge on any atom is -1.00 e. The molecule has 0 radical (unpaired) electrons. The number of hydrogen-bond acceptors (Lipinski definition) is 4. The molecular weight excluding hydrogens is 395 g/mol. The average Bonchev–Trinajstić information content (AvgIpc) is 2.73. The van der Waals surface area contributed by atoms with Crippen LogP contribution in [0.25, 0.3) is 0 Å². The van der Waals surface area contributed by atoms with Gasteiger partial charge in [0.15, 0.2) is 6.23 Å². The largest absolute Gasteiger partial charge is 1.00 e. The van der Waals surface area contributed by atoms with E-state index in [4.69, 9.17) is 16.2 Å². The van der Waals surface area contributed by atoms with Crippen molar-refractivity contribution in [3.05, 3.63) is 0 Å². The summed E-state index contributed by atoms with van der Waals surface area (Å²) in [6.45, 7) is 3.00. The van der Waals surface area contributed by atoms with Gasteiger partial charge in [0.1, 0.15) is 0 Å². The normalized spacial score (nSPS) is 11.8. The van der Waals surface area contributed by atoms with Gasteiger partial charge in [0, 0.05) is 6.42 Å². The Labute approximate surface area is 218 Å². The molecule has 1 atom stereocenters. The van der Waals surface area contributed by atoms with Crippen molar-refractivity contribution in [3.63, 3.8) is 0 Å².